The second kappa shape index (κ2) is 9.98. The first-order valence-corrected chi connectivity index (χ1v) is 13.4. The number of halogens is 1. The van der Waals surface area contributed by atoms with Gasteiger partial charge in [-0.25, -0.2) is 24.3 Å². The van der Waals surface area contributed by atoms with Gasteiger partial charge in [-0.15, -0.1) is 0 Å². The third-order valence-electron chi connectivity index (χ3n) is 6.55. The first-order chi connectivity index (χ1) is 18.9. The van der Waals surface area contributed by atoms with Crippen LogP contribution in [0.15, 0.2) is 41.1 Å². The molecule has 40 heavy (non-hydrogen) atoms. The van der Waals surface area contributed by atoms with Gasteiger partial charge in [-0.05, 0) is 76.9 Å². The van der Waals surface area contributed by atoms with Gasteiger partial charge < -0.3 is 4.74 Å². The van der Waals surface area contributed by atoms with Gasteiger partial charge >= 0.3 is 6.09 Å². The van der Waals surface area contributed by atoms with Gasteiger partial charge in [0.2, 0.25) is 5.91 Å². The lowest BCUT2D eigenvalue weighted by atomic mass is 9.97. The molecule has 5 rings (SSSR count). The van der Waals surface area contributed by atoms with Crippen molar-refractivity contribution in [1.29, 1.82) is 5.26 Å². The standard InChI is InChI=1S/C28H26BrN7O4/c1-15-10-17(13-30)33-36(15)25-18(16(2)37)6-7-24(32-25)35-14-31-22-12-21(29)20(11-23(22)35)19-8-9-34(26(19)38)27(39)40-28(3,4)5/h6-7,10-12,14,19H,8-9H2,1-5H3. The van der Waals surface area contributed by atoms with E-state index in [-0.39, 0.29) is 23.9 Å². The van der Waals surface area contributed by atoms with Crippen molar-refractivity contribution in [1.82, 2.24) is 29.2 Å². The van der Waals surface area contributed by atoms with E-state index in [1.165, 1.54) is 11.6 Å². The van der Waals surface area contributed by atoms with E-state index in [0.717, 1.165) is 4.90 Å². The maximum Gasteiger partial charge on any atom is 0.417 e. The number of Topliss-reactive ketones (excluding diaryl/α,β-unsaturated/α-hetero) is 1. The molecule has 0 saturated carbocycles. The van der Waals surface area contributed by atoms with E-state index in [2.05, 4.69) is 26.0 Å². The Kier molecular flexibility index (Phi) is 6.79. The van der Waals surface area contributed by atoms with Crippen LogP contribution < -0.4 is 0 Å². The number of amides is 2. The Balaban J connectivity index is 1.56. The molecule has 1 aliphatic rings. The lowest BCUT2D eigenvalue weighted by Crippen LogP contribution is -2.38. The molecule has 1 fully saturated rings. The predicted octanol–water partition coefficient (Wildman–Crippen LogP) is 5.00. The molecule has 0 bridgehead atoms. The van der Waals surface area contributed by atoms with Crippen LogP contribution in [-0.4, -0.2) is 59.1 Å². The number of rotatable bonds is 4. The van der Waals surface area contributed by atoms with Crippen molar-refractivity contribution < 1.29 is 19.1 Å². The summed E-state index contributed by atoms with van der Waals surface area (Å²) in [5, 5.41) is 13.6. The smallest absolute Gasteiger partial charge is 0.417 e. The maximum absolute atomic E-state index is 13.3. The van der Waals surface area contributed by atoms with E-state index < -0.39 is 17.6 Å². The van der Waals surface area contributed by atoms with Crippen LogP contribution in [0.3, 0.4) is 0 Å². The van der Waals surface area contributed by atoms with Crippen LogP contribution in [0, 0.1) is 18.3 Å². The number of fused-ring (bicyclic) bond motifs is 1. The Morgan fingerprint density at radius 3 is 2.60 bits per heavy atom. The number of nitriles is 1. The number of imidazole rings is 1. The summed E-state index contributed by atoms with van der Waals surface area (Å²) >= 11 is 3.58. The van der Waals surface area contributed by atoms with Gasteiger partial charge in [-0.2, -0.15) is 10.4 Å². The van der Waals surface area contributed by atoms with Gasteiger partial charge in [0, 0.05) is 16.7 Å². The van der Waals surface area contributed by atoms with Crippen molar-refractivity contribution in [3.63, 3.8) is 0 Å². The summed E-state index contributed by atoms with van der Waals surface area (Å²) in [6, 6.07) is 10.7. The van der Waals surface area contributed by atoms with E-state index in [1.807, 2.05) is 18.2 Å². The fraction of sp³-hybridized carbons (Fsp3) is 0.321. The minimum atomic E-state index is -0.712. The molecule has 0 aliphatic carbocycles. The number of aryl methyl sites for hydroxylation is 1. The van der Waals surface area contributed by atoms with E-state index >= 15 is 0 Å². The Bertz CT molecular complexity index is 1740. The van der Waals surface area contributed by atoms with E-state index in [0.29, 0.717) is 50.4 Å². The SMILES string of the molecule is CC(=O)c1ccc(-n2cnc3cc(Br)c(C4CCN(C(=O)OC(C)(C)C)C4=O)cc32)nc1-n1nc(C#N)cc1C. The largest absolute Gasteiger partial charge is 0.443 e. The zero-order valence-electron chi connectivity index (χ0n) is 22.6. The summed E-state index contributed by atoms with van der Waals surface area (Å²) in [5.41, 5.74) is 2.56. The van der Waals surface area contributed by atoms with Gasteiger partial charge in [0.25, 0.3) is 0 Å². The molecule has 4 aromatic rings. The minimum Gasteiger partial charge on any atom is -0.443 e. The number of benzene rings is 1. The second-order valence-corrected chi connectivity index (χ2v) is 11.4. The van der Waals surface area contributed by atoms with Crippen molar-refractivity contribution in [3.05, 3.63) is 63.6 Å². The summed E-state index contributed by atoms with van der Waals surface area (Å²) in [7, 11) is 0. The highest BCUT2D eigenvalue weighted by atomic mass is 79.9. The molecule has 1 atom stereocenters. The average molecular weight is 604 g/mol. The molecule has 2 amide bonds. The number of pyridine rings is 1. The number of likely N-dealkylation sites (tertiary alicyclic amines) is 1. The highest BCUT2D eigenvalue weighted by Gasteiger charge is 2.39. The van der Waals surface area contributed by atoms with Gasteiger partial charge in [0.05, 0.1) is 22.5 Å². The van der Waals surface area contributed by atoms with Crippen LogP contribution in [0.1, 0.15) is 67.3 Å². The molecule has 1 aliphatic heterocycles. The lowest BCUT2D eigenvalue weighted by molar-refractivity contribution is -0.128. The molecule has 4 heterocycles. The molecule has 1 unspecified atom stereocenters. The molecule has 0 radical (unpaired) electrons. The number of carbonyl (C=O) groups excluding carboxylic acids is 3. The van der Waals surface area contributed by atoms with Gasteiger partial charge in [0.15, 0.2) is 17.3 Å². The number of nitrogens with zero attached hydrogens (tertiary/aromatic N) is 7. The Hall–Kier alpha value is -4.37. The highest BCUT2D eigenvalue weighted by Crippen LogP contribution is 2.37. The molecule has 204 valence electrons. The molecule has 11 nitrogen and oxygen atoms in total. The first kappa shape index (κ1) is 27.2. The average Bonchev–Trinajstić information content (AvgIpc) is 3.58. The summed E-state index contributed by atoms with van der Waals surface area (Å²) in [4.78, 5) is 48.7. The molecular weight excluding hydrogens is 578 g/mol. The van der Waals surface area contributed by atoms with Crippen LogP contribution in [0.25, 0.3) is 22.7 Å². The van der Waals surface area contributed by atoms with Crippen molar-refractivity contribution >= 4 is 44.7 Å². The van der Waals surface area contributed by atoms with Crippen LogP contribution in [0.2, 0.25) is 0 Å². The minimum absolute atomic E-state index is 0.196. The molecule has 3 aromatic heterocycles. The fourth-order valence-electron chi connectivity index (χ4n) is 4.71. The summed E-state index contributed by atoms with van der Waals surface area (Å²) in [6.45, 7) is 8.75. The molecule has 0 N–H and O–H groups in total. The van der Waals surface area contributed by atoms with E-state index in [9.17, 15) is 19.6 Å². The van der Waals surface area contributed by atoms with Crippen molar-refractivity contribution in [3.8, 4) is 17.7 Å². The highest BCUT2D eigenvalue weighted by molar-refractivity contribution is 9.10. The Morgan fingerprint density at radius 2 is 1.95 bits per heavy atom. The number of carbonyl (C=O) groups is 3. The van der Waals surface area contributed by atoms with E-state index in [1.54, 1.807) is 56.8 Å². The van der Waals surface area contributed by atoms with E-state index in [4.69, 9.17) is 9.72 Å². The van der Waals surface area contributed by atoms with Gasteiger partial charge in [-0.1, -0.05) is 15.9 Å². The van der Waals surface area contributed by atoms with Crippen molar-refractivity contribution in [2.45, 2.75) is 52.6 Å². The summed E-state index contributed by atoms with van der Waals surface area (Å²) in [5.74, 6) is -0.304. The first-order valence-electron chi connectivity index (χ1n) is 12.6. The Morgan fingerprint density at radius 1 is 1.20 bits per heavy atom. The Labute approximate surface area is 238 Å². The number of imide groups is 1. The van der Waals surface area contributed by atoms with Gasteiger partial charge in [0.1, 0.15) is 23.8 Å². The zero-order valence-corrected chi connectivity index (χ0v) is 24.2. The van der Waals surface area contributed by atoms with Crippen molar-refractivity contribution in [2.75, 3.05) is 6.54 Å². The van der Waals surface area contributed by atoms with Crippen molar-refractivity contribution in [2.24, 2.45) is 0 Å². The quantitative estimate of drug-likeness (QED) is 0.297. The van der Waals surface area contributed by atoms with Crippen LogP contribution in [-0.2, 0) is 9.53 Å². The molecule has 12 heteroatoms. The number of hydrogen-bond donors (Lipinski definition) is 0. The normalized spacial score (nSPS) is 15.5. The number of hydrogen-bond acceptors (Lipinski definition) is 8. The van der Waals surface area contributed by atoms with Crippen LogP contribution >= 0.6 is 15.9 Å². The molecule has 0 spiro atoms. The zero-order chi connectivity index (χ0) is 28.9. The maximum atomic E-state index is 13.3. The summed E-state index contributed by atoms with van der Waals surface area (Å²) < 4.78 is 9.35. The topological polar surface area (TPSA) is 136 Å². The molecular formula is C28H26BrN7O4. The predicted molar refractivity (Wildman–Crippen MR) is 148 cm³/mol. The lowest BCUT2D eigenvalue weighted by Gasteiger charge is -2.23. The molecule has 1 saturated heterocycles. The van der Waals surface area contributed by atoms with Gasteiger partial charge in [-0.3, -0.25) is 14.2 Å². The molecule has 1 aromatic carbocycles. The van der Waals surface area contributed by atoms with Crippen LogP contribution in [0.4, 0.5) is 4.79 Å². The number of aromatic nitrogens is 5. The number of ether oxygens (including phenoxy) is 1. The third kappa shape index (κ3) is 4.88. The fourth-order valence-corrected chi connectivity index (χ4v) is 5.32. The summed E-state index contributed by atoms with van der Waals surface area (Å²) in [6.07, 6.45) is 1.41. The van der Waals surface area contributed by atoms with Crippen LogP contribution in [0.5, 0.6) is 0 Å². The third-order valence-corrected chi connectivity index (χ3v) is 7.24. The second-order valence-electron chi connectivity index (χ2n) is 10.6. The monoisotopic (exact) mass is 603 g/mol. The number of ketones is 1.